The van der Waals surface area contributed by atoms with E-state index in [-0.39, 0.29) is 5.60 Å². The number of methoxy groups -OCH3 is 1. The summed E-state index contributed by atoms with van der Waals surface area (Å²) in [4.78, 5) is 0. The molecule has 1 aromatic rings. The van der Waals surface area contributed by atoms with Crippen LogP contribution in [-0.4, -0.2) is 33.5 Å². The van der Waals surface area contributed by atoms with Crippen LogP contribution in [0.2, 0.25) is 0 Å². The first kappa shape index (κ1) is 10.6. The molecule has 0 aliphatic carbocycles. The van der Waals surface area contributed by atoms with E-state index in [1.807, 2.05) is 18.2 Å². The number of ether oxygens (including phenoxy) is 3. The second-order valence-electron chi connectivity index (χ2n) is 3.69. The Hall–Kier alpha value is -0.900. The van der Waals surface area contributed by atoms with Crippen molar-refractivity contribution in [3.63, 3.8) is 0 Å². The van der Waals surface area contributed by atoms with Gasteiger partial charge in [-0.15, -0.1) is 0 Å². The number of hydrogen-bond acceptors (Lipinski definition) is 3. The van der Waals surface area contributed by atoms with Gasteiger partial charge in [-0.25, -0.2) is 0 Å². The van der Waals surface area contributed by atoms with Crippen LogP contribution in [0.15, 0.2) is 30.3 Å². The van der Waals surface area contributed by atoms with Crippen LogP contribution in [0.1, 0.15) is 5.56 Å². The van der Waals surface area contributed by atoms with Crippen LogP contribution in [0.4, 0.5) is 0 Å². The largest absolute Gasteiger partial charge is 0.382 e. The molecule has 0 amide bonds. The molecule has 0 saturated carbocycles. The standard InChI is InChI=1S/C12H16O3/c1-13-7-8-15-12(9-14-10-12)11-5-3-2-4-6-11/h2-6H,7-10H2,1H3. The van der Waals surface area contributed by atoms with E-state index in [0.29, 0.717) is 26.4 Å². The van der Waals surface area contributed by atoms with Gasteiger partial charge in [-0.3, -0.25) is 0 Å². The fraction of sp³-hybridized carbons (Fsp3) is 0.500. The maximum absolute atomic E-state index is 5.84. The van der Waals surface area contributed by atoms with E-state index in [2.05, 4.69) is 12.1 Å². The number of rotatable bonds is 5. The second-order valence-corrected chi connectivity index (χ2v) is 3.69. The zero-order valence-electron chi connectivity index (χ0n) is 8.94. The highest BCUT2D eigenvalue weighted by Crippen LogP contribution is 2.33. The van der Waals surface area contributed by atoms with Crippen molar-refractivity contribution in [2.45, 2.75) is 5.60 Å². The Morgan fingerprint density at radius 2 is 1.93 bits per heavy atom. The Bertz CT molecular complexity index is 293. The minimum atomic E-state index is -0.236. The van der Waals surface area contributed by atoms with Crippen LogP contribution in [0.3, 0.4) is 0 Å². The Morgan fingerprint density at radius 3 is 2.47 bits per heavy atom. The number of hydrogen-bond donors (Lipinski definition) is 0. The average molecular weight is 208 g/mol. The maximum atomic E-state index is 5.84. The first-order chi connectivity index (χ1) is 7.37. The molecular weight excluding hydrogens is 192 g/mol. The van der Waals surface area contributed by atoms with E-state index in [4.69, 9.17) is 14.2 Å². The van der Waals surface area contributed by atoms with Crippen molar-refractivity contribution in [1.82, 2.24) is 0 Å². The molecule has 2 rings (SSSR count). The van der Waals surface area contributed by atoms with Gasteiger partial charge in [-0.05, 0) is 5.56 Å². The molecule has 15 heavy (non-hydrogen) atoms. The lowest BCUT2D eigenvalue weighted by molar-refractivity contribution is -0.220. The summed E-state index contributed by atoms with van der Waals surface area (Å²) in [7, 11) is 1.68. The molecule has 3 heteroatoms. The summed E-state index contributed by atoms with van der Waals surface area (Å²) >= 11 is 0. The first-order valence-corrected chi connectivity index (χ1v) is 5.13. The SMILES string of the molecule is COCCOC1(c2ccccc2)COC1. The molecule has 3 nitrogen and oxygen atoms in total. The first-order valence-electron chi connectivity index (χ1n) is 5.13. The van der Waals surface area contributed by atoms with Crippen LogP contribution >= 0.6 is 0 Å². The normalized spacial score (nSPS) is 18.5. The smallest absolute Gasteiger partial charge is 0.140 e. The van der Waals surface area contributed by atoms with Gasteiger partial charge in [0.1, 0.15) is 5.60 Å². The summed E-state index contributed by atoms with van der Waals surface area (Å²) in [6.45, 7) is 2.50. The van der Waals surface area contributed by atoms with Gasteiger partial charge in [0.05, 0.1) is 26.4 Å². The highest BCUT2D eigenvalue weighted by atomic mass is 16.6. The summed E-state index contributed by atoms with van der Waals surface area (Å²) in [5.41, 5.74) is 0.951. The van der Waals surface area contributed by atoms with Crippen LogP contribution in [0, 0.1) is 0 Å². The monoisotopic (exact) mass is 208 g/mol. The van der Waals surface area contributed by atoms with E-state index in [1.54, 1.807) is 7.11 Å². The molecule has 1 aromatic carbocycles. The Morgan fingerprint density at radius 1 is 1.20 bits per heavy atom. The van der Waals surface area contributed by atoms with Crippen LogP contribution in [0.5, 0.6) is 0 Å². The Kier molecular flexibility index (Phi) is 3.36. The van der Waals surface area contributed by atoms with Crippen LogP contribution < -0.4 is 0 Å². The van der Waals surface area contributed by atoms with Crippen molar-refractivity contribution in [1.29, 1.82) is 0 Å². The minimum absolute atomic E-state index is 0.236. The van der Waals surface area contributed by atoms with E-state index in [1.165, 1.54) is 5.56 Å². The molecule has 1 fully saturated rings. The highest BCUT2D eigenvalue weighted by molar-refractivity contribution is 5.24. The fourth-order valence-electron chi connectivity index (χ4n) is 1.68. The van der Waals surface area contributed by atoms with Gasteiger partial charge in [0.15, 0.2) is 0 Å². The predicted octanol–water partition coefficient (Wildman–Crippen LogP) is 1.58. The second kappa shape index (κ2) is 4.75. The van der Waals surface area contributed by atoms with Gasteiger partial charge < -0.3 is 14.2 Å². The molecule has 1 aliphatic rings. The molecule has 82 valence electrons. The van der Waals surface area contributed by atoms with Gasteiger partial charge in [0.2, 0.25) is 0 Å². The van der Waals surface area contributed by atoms with Crippen LogP contribution in [0.25, 0.3) is 0 Å². The molecule has 0 unspecified atom stereocenters. The molecule has 0 atom stereocenters. The van der Waals surface area contributed by atoms with E-state index >= 15 is 0 Å². The fourth-order valence-corrected chi connectivity index (χ4v) is 1.68. The van der Waals surface area contributed by atoms with Crippen molar-refractivity contribution in [3.8, 4) is 0 Å². The third-order valence-electron chi connectivity index (χ3n) is 2.64. The minimum Gasteiger partial charge on any atom is -0.382 e. The molecule has 0 spiro atoms. The molecule has 1 saturated heterocycles. The maximum Gasteiger partial charge on any atom is 0.140 e. The third-order valence-corrected chi connectivity index (χ3v) is 2.64. The lowest BCUT2D eigenvalue weighted by Crippen LogP contribution is -2.49. The average Bonchev–Trinajstić information content (AvgIpc) is 2.23. The summed E-state index contributed by atoms with van der Waals surface area (Å²) in [6.07, 6.45) is 0. The van der Waals surface area contributed by atoms with Crippen molar-refractivity contribution in [2.24, 2.45) is 0 Å². The lowest BCUT2D eigenvalue weighted by Gasteiger charge is -2.41. The lowest BCUT2D eigenvalue weighted by atomic mass is 9.92. The van der Waals surface area contributed by atoms with E-state index in [0.717, 1.165) is 0 Å². The van der Waals surface area contributed by atoms with Gasteiger partial charge in [-0.2, -0.15) is 0 Å². The van der Waals surface area contributed by atoms with Gasteiger partial charge >= 0.3 is 0 Å². The van der Waals surface area contributed by atoms with Crippen molar-refractivity contribution >= 4 is 0 Å². The topological polar surface area (TPSA) is 27.7 Å². The molecule has 1 heterocycles. The third kappa shape index (κ3) is 2.20. The van der Waals surface area contributed by atoms with Crippen molar-refractivity contribution < 1.29 is 14.2 Å². The van der Waals surface area contributed by atoms with E-state index < -0.39 is 0 Å². The van der Waals surface area contributed by atoms with E-state index in [9.17, 15) is 0 Å². The summed E-state index contributed by atoms with van der Waals surface area (Å²) in [5.74, 6) is 0. The van der Waals surface area contributed by atoms with Crippen molar-refractivity contribution in [2.75, 3.05) is 33.5 Å². The highest BCUT2D eigenvalue weighted by Gasteiger charge is 2.41. The van der Waals surface area contributed by atoms with Crippen molar-refractivity contribution in [3.05, 3.63) is 35.9 Å². The molecule has 0 bridgehead atoms. The zero-order chi connectivity index (χ0) is 10.6. The van der Waals surface area contributed by atoms with Gasteiger partial charge in [0.25, 0.3) is 0 Å². The zero-order valence-corrected chi connectivity index (χ0v) is 8.94. The van der Waals surface area contributed by atoms with Crippen LogP contribution in [-0.2, 0) is 19.8 Å². The molecule has 0 aromatic heterocycles. The molecule has 0 radical (unpaired) electrons. The summed E-state index contributed by atoms with van der Waals surface area (Å²) in [6, 6.07) is 10.2. The molecule has 1 aliphatic heterocycles. The molecular formula is C12H16O3. The predicted molar refractivity (Wildman–Crippen MR) is 56.8 cm³/mol. The number of benzene rings is 1. The summed E-state index contributed by atoms with van der Waals surface area (Å²) < 4.78 is 16.1. The molecule has 0 N–H and O–H groups in total. The summed E-state index contributed by atoms with van der Waals surface area (Å²) in [5, 5.41) is 0. The Labute approximate surface area is 90.0 Å². The van der Waals surface area contributed by atoms with Gasteiger partial charge in [0, 0.05) is 7.11 Å². The quantitative estimate of drug-likeness (QED) is 0.687. The van der Waals surface area contributed by atoms with Gasteiger partial charge in [-0.1, -0.05) is 30.3 Å². The Balaban J connectivity index is 2.02.